The molecule has 1 saturated carbocycles. The second-order valence-corrected chi connectivity index (χ2v) is 8.45. The number of nitrogens with zero attached hydrogens (tertiary/aromatic N) is 4. The van der Waals surface area contributed by atoms with E-state index in [1.165, 1.54) is 32.1 Å². The second-order valence-electron chi connectivity index (χ2n) is 8.45. The number of amides is 3. The van der Waals surface area contributed by atoms with E-state index in [-0.39, 0.29) is 11.9 Å². The van der Waals surface area contributed by atoms with Crippen molar-refractivity contribution in [1.29, 1.82) is 0 Å². The van der Waals surface area contributed by atoms with Crippen molar-refractivity contribution in [3.8, 4) is 5.88 Å². The molecule has 0 radical (unpaired) electrons. The maximum Gasteiger partial charge on any atom is 0.322 e. The van der Waals surface area contributed by atoms with Gasteiger partial charge in [-0.1, -0.05) is 38.2 Å². The van der Waals surface area contributed by atoms with Crippen molar-refractivity contribution in [3.63, 3.8) is 0 Å². The Bertz CT molecular complexity index is 894. The molecule has 0 spiro atoms. The Kier molecular flexibility index (Phi) is 7.53. The van der Waals surface area contributed by atoms with Crippen LogP contribution in [0.15, 0.2) is 42.7 Å². The maximum absolute atomic E-state index is 12.9. The molecule has 4 rings (SSSR count). The number of hydrogen-bond acceptors (Lipinski definition) is 5. The third-order valence-electron chi connectivity index (χ3n) is 6.21. The van der Waals surface area contributed by atoms with Gasteiger partial charge in [0.05, 0.1) is 18.5 Å². The molecule has 0 atom stereocenters. The lowest BCUT2D eigenvalue weighted by Crippen LogP contribution is -2.51. The molecule has 3 amide bonds. The molecule has 8 heteroatoms. The van der Waals surface area contributed by atoms with Gasteiger partial charge in [-0.3, -0.25) is 9.78 Å². The zero-order valence-electron chi connectivity index (χ0n) is 18.4. The van der Waals surface area contributed by atoms with E-state index < -0.39 is 0 Å². The minimum absolute atomic E-state index is 0.130. The first kappa shape index (κ1) is 22.0. The van der Waals surface area contributed by atoms with Crippen LogP contribution in [0.5, 0.6) is 5.88 Å². The van der Waals surface area contributed by atoms with Crippen molar-refractivity contribution in [2.45, 2.75) is 38.5 Å². The molecular formula is C24H31N5O3. The summed E-state index contributed by atoms with van der Waals surface area (Å²) in [4.78, 5) is 37.2. The van der Waals surface area contributed by atoms with Crippen LogP contribution in [0.4, 0.5) is 10.5 Å². The van der Waals surface area contributed by atoms with Gasteiger partial charge >= 0.3 is 6.03 Å². The average molecular weight is 438 g/mol. The number of hydrogen-bond donors (Lipinski definition) is 1. The topological polar surface area (TPSA) is 87.7 Å². The van der Waals surface area contributed by atoms with Crippen LogP contribution < -0.4 is 10.1 Å². The van der Waals surface area contributed by atoms with Gasteiger partial charge in [0.15, 0.2) is 0 Å². The summed E-state index contributed by atoms with van der Waals surface area (Å²) in [5.74, 6) is 1.12. The number of nitrogens with one attached hydrogen (secondary N) is 1. The van der Waals surface area contributed by atoms with Crippen LogP contribution in [0.25, 0.3) is 0 Å². The number of piperazine rings is 1. The molecule has 1 saturated heterocycles. The molecule has 0 unspecified atom stereocenters. The summed E-state index contributed by atoms with van der Waals surface area (Å²) in [7, 11) is 0. The van der Waals surface area contributed by atoms with Crippen molar-refractivity contribution in [2.75, 3.05) is 38.1 Å². The van der Waals surface area contributed by atoms with Crippen LogP contribution >= 0.6 is 0 Å². The molecule has 0 aromatic carbocycles. The van der Waals surface area contributed by atoms with Crippen molar-refractivity contribution in [2.24, 2.45) is 5.92 Å². The Morgan fingerprint density at radius 1 is 1.00 bits per heavy atom. The van der Waals surface area contributed by atoms with Crippen molar-refractivity contribution >= 4 is 17.6 Å². The van der Waals surface area contributed by atoms with Gasteiger partial charge in [0.1, 0.15) is 5.69 Å². The Morgan fingerprint density at radius 2 is 1.78 bits per heavy atom. The van der Waals surface area contributed by atoms with Gasteiger partial charge in [-0.15, -0.1) is 0 Å². The molecule has 0 bridgehead atoms. The smallest absolute Gasteiger partial charge is 0.322 e. The number of carbonyl (C=O) groups excluding carboxylic acids is 2. The lowest BCUT2D eigenvalue weighted by molar-refractivity contribution is 0.0664. The highest BCUT2D eigenvalue weighted by atomic mass is 16.5. The number of aromatic nitrogens is 2. The Hall–Kier alpha value is -3.16. The Labute approximate surface area is 189 Å². The Morgan fingerprint density at radius 3 is 2.53 bits per heavy atom. The lowest BCUT2D eigenvalue weighted by Gasteiger charge is -2.34. The van der Waals surface area contributed by atoms with Gasteiger partial charge in [-0.05, 0) is 30.5 Å². The van der Waals surface area contributed by atoms with Gasteiger partial charge in [0, 0.05) is 38.4 Å². The monoisotopic (exact) mass is 437 g/mol. The van der Waals surface area contributed by atoms with Gasteiger partial charge < -0.3 is 19.9 Å². The highest BCUT2D eigenvalue weighted by molar-refractivity contribution is 5.93. The number of carbonyl (C=O) groups is 2. The molecule has 1 aliphatic carbocycles. The normalized spacial score (nSPS) is 17.1. The molecule has 170 valence electrons. The molecular weight excluding hydrogens is 406 g/mol. The predicted octanol–water partition coefficient (Wildman–Crippen LogP) is 3.82. The third-order valence-corrected chi connectivity index (χ3v) is 6.21. The lowest BCUT2D eigenvalue weighted by atomic mass is 9.87. The fourth-order valence-electron chi connectivity index (χ4n) is 4.33. The fourth-order valence-corrected chi connectivity index (χ4v) is 4.33. The zero-order chi connectivity index (χ0) is 22.2. The molecule has 2 aliphatic rings. The van der Waals surface area contributed by atoms with E-state index in [4.69, 9.17) is 4.74 Å². The Balaban J connectivity index is 1.24. The predicted molar refractivity (Wildman–Crippen MR) is 122 cm³/mol. The van der Waals surface area contributed by atoms with Crippen molar-refractivity contribution in [1.82, 2.24) is 19.8 Å². The quantitative estimate of drug-likeness (QED) is 0.742. The molecule has 1 aliphatic heterocycles. The fraction of sp³-hybridized carbons (Fsp3) is 0.500. The van der Waals surface area contributed by atoms with E-state index in [9.17, 15) is 9.59 Å². The number of rotatable bonds is 6. The first-order chi connectivity index (χ1) is 15.7. The third kappa shape index (κ3) is 5.96. The molecule has 3 heterocycles. The van der Waals surface area contributed by atoms with E-state index in [2.05, 4.69) is 15.3 Å². The number of pyridine rings is 2. The van der Waals surface area contributed by atoms with Crippen LogP contribution in [0, 0.1) is 5.92 Å². The first-order valence-corrected chi connectivity index (χ1v) is 11.5. The van der Waals surface area contributed by atoms with Crippen LogP contribution in [-0.2, 0) is 0 Å². The second kappa shape index (κ2) is 10.9. The van der Waals surface area contributed by atoms with Gasteiger partial charge in [-0.25, -0.2) is 9.78 Å². The van der Waals surface area contributed by atoms with Crippen molar-refractivity contribution < 1.29 is 14.3 Å². The molecule has 32 heavy (non-hydrogen) atoms. The molecule has 8 nitrogen and oxygen atoms in total. The summed E-state index contributed by atoms with van der Waals surface area (Å²) in [5, 5.41) is 2.83. The number of anilines is 1. The molecule has 2 aromatic rings. The first-order valence-electron chi connectivity index (χ1n) is 11.5. The average Bonchev–Trinajstić information content (AvgIpc) is 2.85. The van der Waals surface area contributed by atoms with Gasteiger partial charge in [0.2, 0.25) is 5.88 Å². The van der Waals surface area contributed by atoms with Gasteiger partial charge in [-0.2, -0.15) is 0 Å². The van der Waals surface area contributed by atoms with E-state index in [0.29, 0.717) is 50.0 Å². The molecule has 2 aromatic heterocycles. The van der Waals surface area contributed by atoms with E-state index in [1.807, 2.05) is 6.07 Å². The standard InChI is InChI=1S/C24H31N5O3/c30-23(21-9-4-10-22(27-21)32-17-11-19-6-2-1-3-7-19)28-13-15-29(16-14-28)24(31)26-20-8-5-12-25-18-20/h4-5,8-10,12,18-19H,1-3,6-7,11,13-17H2,(H,26,31). The van der Waals surface area contributed by atoms with Crippen LogP contribution in [0.2, 0.25) is 0 Å². The summed E-state index contributed by atoms with van der Waals surface area (Å²) in [5.41, 5.74) is 1.04. The minimum Gasteiger partial charge on any atom is -0.478 e. The highest BCUT2D eigenvalue weighted by Crippen LogP contribution is 2.26. The highest BCUT2D eigenvalue weighted by Gasteiger charge is 2.26. The number of urea groups is 1. The molecule has 2 fully saturated rings. The van der Waals surface area contributed by atoms with Crippen molar-refractivity contribution in [3.05, 3.63) is 48.4 Å². The van der Waals surface area contributed by atoms with Crippen LogP contribution in [-0.4, -0.2) is 64.5 Å². The van der Waals surface area contributed by atoms with Gasteiger partial charge in [0.25, 0.3) is 5.91 Å². The maximum atomic E-state index is 12.9. The van der Waals surface area contributed by atoms with E-state index in [1.54, 1.807) is 46.5 Å². The number of ether oxygens (including phenoxy) is 1. The SMILES string of the molecule is O=C(Nc1cccnc1)N1CCN(C(=O)c2cccc(OCCC3CCCCC3)n2)CC1. The van der Waals surface area contributed by atoms with E-state index in [0.717, 1.165) is 12.3 Å². The van der Waals surface area contributed by atoms with E-state index >= 15 is 0 Å². The summed E-state index contributed by atoms with van der Waals surface area (Å²) >= 11 is 0. The summed E-state index contributed by atoms with van der Waals surface area (Å²) in [6.07, 6.45) is 10.9. The molecule has 1 N–H and O–H groups in total. The summed E-state index contributed by atoms with van der Waals surface area (Å²) < 4.78 is 5.84. The summed E-state index contributed by atoms with van der Waals surface area (Å²) in [6.45, 7) is 2.51. The zero-order valence-corrected chi connectivity index (χ0v) is 18.4. The van der Waals surface area contributed by atoms with Crippen LogP contribution in [0.3, 0.4) is 0 Å². The minimum atomic E-state index is -0.184. The summed E-state index contributed by atoms with van der Waals surface area (Å²) in [6, 6.07) is 8.72. The largest absolute Gasteiger partial charge is 0.478 e. The van der Waals surface area contributed by atoms with Crippen LogP contribution in [0.1, 0.15) is 49.0 Å².